The minimum Gasteiger partial charge on any atom is -0.480 e. The third kappa shape index (κ3) is 3.03. The number of nitrogens with one attached hydrogen (secondary N) is 1. The first-order valence-corrected chi connectivity index (χ1v) is 3.90. The van der Waals surface area contributed by atoms with Gasteiger partial charge in [-0.25, -0.2) is 0 Å². The van der Waals surface area contributed by atoms with Crippen molar-refractivity contribution in [2.75, 3.05) is 12.9 Å². The van der Waals surface area contributed by atoms with E-state index >= 15 is 0 Å². The molecule has 0 saturated carbocycles. The number of rotatable bonds is 1. The van der Waals surface area contributed by atoms with E-state index in [2.05, 4.69) is 16.9 Å². The Morgan fingerprint density at radius 3 is 2.50 bits per heavy atom. The molecule has 1 atom stereocenters. The van der Waals surface area contributed by atoms with Crippen molar-refractivity contribution in [2.45, 2.75) is 18.9 Å². The molecular weight excluding hydrogens is 154 g/mol. The number of carboxylic acids is 1. The molecule has 1 aliphatic heterocycles. The number of carboxylic acid groups (broad SMARTS) is 1. The summed E-state index contributed by atoms with van der Waals surface area (Å²) in [6, 6.07) is -0.269. The van der Waals surface area contributed by atoms with E-state index < -0.39 is 5.97 Å². The van der Waals surface area contributed by atoms with E-state index in [0.29, 0.717) is 0 Å². The molecule has 4 heteroatoms. The molecule has 0 spiro atoms. The Hall–Kier alpha value is -0.280. The van der Waals surface area contributed by atoms with E-state index in [1.54, 1.807) is 0 Å². The predicted octanol–water partition coefficient (Wildman–Crippen LogP) is 0.678. The molecule has 0 aliphatic carbocycles. The third-order valence-electron chi connectivity index (χ3n) is 1.36. The van der Waals surface area contributed by atoms with Crippen LogP contribution in [0.15, 0.2) is 0 Å². The van der Waals surface area contributed by atoms with E-state index in [4.69, 9.17) is 5.11 Å². The van der Waals surface area contributed by atoms with E-state index in [1.165, 1.54) is 6.38 Å². The molecule has 60 valence electrons. The van der Waals surface area contributed by atoms with Crippen molar-refractivity contribution in [1.82, 2.24) is 5.32 Å². The Bertz CT molecular complexity index is 102. The molecule has 1 unspecified atom stereocenters. The highest BCUT2D eigenvalue weighted by molar-refractivity contribution is 6.15. The van der Waals surface area contributed by atoms with Crippen LogP contribution in [0.25, 0.3) is 0 Å². The third-order valence-corrected chi connectivity index (χ3v) is 1.36. The maximum Gasteiger partial charge on any atom is 0.320 e. The molecular formula is C6H12ClNO2. The molecule has 0 aromatic carbocycles. The van der Waals surface area contributed by atoms with E-state index in [9.17, 15) is 4.79 Å². The smallest absolute Gasteiger partial charge is 0.320 e. The monoisotopic (exact) mass is 165 g/mol. The maximum atomic E-state index is 10.1. The van der Waals surface area contributed by atoms with Crippen molar-refractivity contribution in [3.63, 3.8) is 0 Å². The Morgan fingerprint density at radius 2 is 2.30 bits per heavy atom. The molecule has 1 rings (SSSR count). The lowest BCUT2D eigenvalue weighted by molar-refractivity contribution is -0.139. The van der Waals surface area contributed by atoms with Crippen molar-refractivity contribution in [2.24, 2.45) is 0 Å². The standard InChI is InChI=1S/C5H9NO2.CH3Cl/c7-5(8)4-2-1-3-6-4;1-2/h4,6H,1-3H2,(H,7,8);1H3. The highest BCUT2D eigenvalue weighted by atomic mass is 35.5. The first-order valence-electron chi connectivity index (χ1n) is 3.14. The van der Waals surface area contributed by atoms with Gasteiger partial charge in [-0.3, -0.25) is 4.79 Å². The van der Waals surface area contributed by atoms with E-state index in [0.717, 1.165) is 19.4 Å². The van der Waals surface area contributed by atoms with Crippen molar-refractivity contribution < 1.29 is 9.90 Å². The summed E-state index contributed by atoms with van der Waals surface area (Å²) in [5, 5.41) is 11.2. The summed E-state index contributed by atoms with van der Waals surface area (Å²) in [5.74, 6) is -0.720. The van der Waals surface area contributed by atoms with E-state index in [1.807, 2.05) is 0 Å². The minimum absolute atomic E-state index is 0.269. The van der Waals surface area contributed by atoms with Crippen molar-refractivity contribution in [1.29, 1.82) is 0 Å². The highest BCUT2D eigenvalue weighted by Gasteiger charge is 2.20. The van der Waals surface area contributed by atoms with E-state index in [-0.39, 0.29) is 6.04 Å². The van der Waals surface area contributed by atoms with Crippen LogP contribution < -0.4 is 5.32 Å². The number of halogens is 1. The fourth-order valence-corrected chi connectivity index (χ4v) is 0.895. The molecule has 0 radical (unpaired) electrons. The Labute approximate surface area is 65.4 Å². The summed E-state index contributed by atoms with van der Waals surface area (Å²) in [7, 11) is 0. The van der Waals surface area contributed by atoms with Gasteiger partial charge in [0, 0.05) is 6.38 Å². The van der Waals surface area contributed by atoms with Gasteiger partial charge in [-0.2, -0.15) is 0 Å². The second-order valence-corrected chi connectivity index (χ2v) is 1.99. The Morgan fingerprint density at radius 1 is 1.70 bits per heavy atom. The Balaban J connectivity index is 0.000000371. The van der Waals surface area contributed by atoms with Gasteiger partial charge in [0.05, 0.1) is 0 Å². The topological polar surface area (TPSA) is 49.3 Å². The van der Waals surface area contributed by atoms with Gasteiger partial charge in [-0.15, -0.1) is 11.6 Å². The number of hydrogen-bond acceptors (Lipinski definition) is 2. The van der Waals surface area contributed by atoms with Gasteiger partial charge in [0.1, 0.15) is 6.04 Å². The largest absolute Gasteiger partial charge is 0.480 e. The lowest BCUT2D eigenvalue weighted by Crippen LogP contribution is -2.29. The molecule has 0 aromatic heterocycles. The zero-order valence-electron chi connectivity index (χ0n) is 5.93. The van der Waals surface area contributed by atoms with Gasteiger partial charge in [0.25, 0.3) is 0 Å². The molecule has 1 heterocycles. The molecule has 1 saturated heterocycles. The van der Waals surface area contributed by atoms with Gasteiger partial charge in [-0.1, -0.05) is 0 Å². The first kappa shape index (κ1) is 9.72. The average molecular weight is 166 g/mol. The number of aliphatic carboxylic acids is 1. The van der Waals surface area contributed by atoms with Crippen LogP contribution in [-0.2, 0) is 4.79 Å². The summed E-state index contributed by atoms with van der Waals surface area (Å²) >= 11 is 4.64. The predicted molar refractivity (Wildman–Crippen MR) is 40.4 cm³/mol. The molecule has 1 aliphatic rings. The molecule has 0 aromatic rings. The summed E-state index contributed by atoms with van der Waals surface area (Å²) in [5.41, 5.74) is 0. The van der Waals surface area contributed by atoms with Crippen molar-refractivity contribution in [3.8, 4) is 0 Å². The van der Waals surface area contributed by atoms with Crippen LogP contribution in [0.1, 0.15) is 12.8 Å². The zero-order chi connectivity index (χ0) is 7.98. The fraction of sp³-hybridized carbons (Fsp3) is 0.833. The normalized spacial score (nSPS) is 23.2. The van der Waals surface area contributed by atoms with Gasteiger partial charge < -0.3 is 10.4 Å². The molecule has 2 N–H and O–H groups in total. The van der Waals surface area contributed by atoms with Crippen molar-refractivity contribution in [3.05, 3.63) is 0 Å². The van der Waals surface area contributed by atoms with Crippen LogP contribution >= 0.6 is 11.6 Å². The summed E-state index contributed by atoms with van der Waals surface area (Å²) < 4.78 is 0. The average Bonchev–Trinajstić information content (AvgIpc) is 2.42. The van der Waals surface area contributed by atoms with Crippen LogP contribution in [-0.4, -0.2) is 30.0 Å². The first-order chi connectivity index (χ1) is 4.80. The summed E-state index contributed by atoms with van der Waals surface area (Å²) in [6.45, 7) is 0.858. The fourth-order valence-electron chi connectivity index (χ4n) is 0.895. The zero-order valence-corrected chi connectivity index (χ0v) is 6.69. The number of hydrogen-bond donors (Lipinski definition) is 2. The second-order valence-electron chi connectivity index (χ2n) is 1.99. The van der Waals surface area contributed by atoms with Crippen LogP contribution in [0.3, 0.4) is 0 Å². The lowest BCUT2D eigenvalue weighted by Gasteiger charge is -1.99. The second kappa shape index (κ2) is 5.50. The van der Waals surface area contributed by atoms with Crippen LogP contribution in [0.4, 0.5) is 0 Å². The lowest BCUT2D eigenvalue weighted by atomic mass is 10.2. The van der Waals surface area contributed by atoms with Crippen LogP contribution in [0, 0.1) is 0 Å². The molecule has 3 nitrogen and oxygen atoms in total. The molecule has 0 bridgehead atoms. The summed E-state index contributed by atoms with van der Waals surface area (Å²) in [6.07, 6.45) is 3.26. The highest BCUT2D eigenvalue weighted by Crippen LogP contribution is 2.03. The summed E-state index contributed by atoms with van der Waals surface area (Å²) in [4.78, 5) is 10.1. The quantitative estimate of drug-likeness (QED) is 0.562. The van der Waals surface area contributed by atoms with Crippen LogP contribution in [0.2, 0.25) is 0 Å². The van der Waals surface area contributed by atoms with Gasteiger partial charge in [0.15, 0.2) is 0 Å². The molecule has 10 heavy (non-hydrogen) atoms. The number of alkyl halides is 1. The molecule has 0 amide bonds. The SMILES string of the molecule is CCl.O=C(O)C1CCCN1. The van der Waals surface area contributed by atoms with Crippen LogP contribution in [0.5, 0.6) is 0 Å². The molecule has 1 fully saturated rings. The number of carbonyl (C=O) groups is 1. The van der Waals surface area contributed by atoms with Crippen molar-refractivity contribution >= 4 is 17.6 Å². The Kier molecular flexibility index (Phi) is 5.35. The maximum absolute atomic E-state index is 10.1. The van der Waals surface area contributed by atoms with Gasteiger partial charge >= 0.3 is 5.97 Å². The minimum atomic E-state index is -0.720. The van der Waals surface area contributed by atoms with Gasteiger partial charge in [-0.05, 0) is 19.4 Å². The van der Waals surface area contributed by atoms with Gasteiger partial charge in [0.2, 0.25) is 0 Å².